The van der Waals surface area contributed by atoms with Gasteiger partial charge in [-0.05, 0) is 30.5 Å². The number of hydrogen-bond donors (Lipinski definition) is 0. The molecule has 0 spiro atoms. The Morgan fingerprint density at radius 1 is 1.03 bits per heavy atom. The van der Waals surface area contributed by atoms with Crippen molar-refractivity contribution in [2.45, 2.75) is 17.8 Å². The Labute approximate surface area is 180 Å². The molecule has 6 nitrogen and oxygen atoms in total. The zero-order valence-electron chi connectivity index (χ0n) is 16.0. The van der Waals surface area contributed by atoms with Gasteiger partial charge < -0.3 is 4.52 Å². The maximum atomic E-state index is 13.2. The third-order valence-electron chi connectivity index (χ3n) is 4.57. The fourth-order valence-electron chi connectivity index (χ4n) is 3.05. The number of hydrogen-bond acceptors (Lipinski definition) is 7. The summed E-state index contributed by atoms with van der Waals surface area (Å²) in [5.74, 6) is 1.44. The van der Waals surface area contributed by atoms with Crippen LogP contribution in [0.5, 0.6) is 0 Å². The molecule has 0 unspecified atom stereocenters. The Balaban J connectivity index is 1.50. The number of thioether (sulfide) groups is 1. The van der Waals surface area contributed by atoms with Crippen LogP contribution < -0.4 is 5.56 Å². The van der Waals surface area contributed by atoms with Crippen molar-refractivity contribution in [1.29, 1.82) is 0 Å². The number of aromatic nitrogens is 4. The van der Waals surface area contributed by atoms with Gasteiger partial charge in [-0.15, -0.1) is 11.3 Å². The number of benzene rings is 2. The first-order chi connectivity index (χ1) is 14.7. The van der Waals surface area contributed by atoms with Crippen molar-refractivity contribution in [1.82, 2.24) is 19.7 Å². The van der Waals surface area contributed by atoms with Gasteiger partial charge in [0.15, 0.2) is 5.16 Å². The Kier molecular flexibility index (Phi) is 4.94. The summed E-state index contributed by atoms with van der Waals surface area (Å²) in [6.45, 7) is 2.02. The van der Waals surface area contributed by atoms with E-state index in [1.54, 1.807) is 4.57 Å². The summed E-state index contributed by atoms with van der Waals surface area (Å²) in [5.41, 5.74) is 3.44. The molecule has 0 atom stereocenters. The molecule has 3 aromatic heterocycles. The highest BCUT2D eigenvalue weighted by atomic mass is 32.2. The largest absolute Gasteiger partial charge is 0.338 e. The highest BCUT2D eigenvalue weighted by Gasteiger charge is 2.16. The number of fused-ring (bicyclic) bond motifs is 1. The topological polar surface area (TPSA) is 73.8 Å². The van der Waals surface area contributed by atoms with E-state index in [1.165, 1.54) is 23.1 Å². The van der Waals surface area contributed by atoms with E-state index in [0.717, 1.165) is 16.8 Å². The lowest BCUT2D eigenvalue weighted by Crippen LogP contribution is -2.20. The van der Waals surface area contributed by atoms with Gasteiger partial charge in [0.05, 0.1) is 17.0 Å². The predicted molar refractivity (Wildman–Crippen MR) is 119 cm³/mol. The summed E-state index contributed by atoms with van der Waals surface area (Å²) in [6, 6.07) is 19.4. The second-order valence-corrected chi connectivity index (χ2v) is 8.53. The van der Waals surface area contributed by atoms with E-state index >= 15 is 0 Å². The van der Waals surface area contributed by atoms with Gasteiger partial charge >= 0.3 is 0 Å². The first kappa shape index (κ1) is 18.8. The van der Waals surface area contributed by atoms with Crippen molar-refractivity contribution >= 4 is 33.3 Å². The molecule has 3 heterocycles. The van der Waals surface area contributed by atoms with Crippen molar-refractivity contribution < 1.29 is 4.52 Å². The third-order valence-corrected chi connectivity index (χ3v) is 6.38. The monoisotopic (exact) mass is 432 g/mol. The molecule has 0 fully saturated rings. The molecule has 5 aromatic rings. The van der Waals surface area contributed by atoms with Crippen molar-refractivity contribution in [2.24, 2.45) is 0 Å². The quantitative estimate of drug-likeness (QED) is 0.284. The number of rotatable bonds is 5. The third kappa shape index (κ3) is 3.55. The standard InChI is InChI=1S/C22H16N4O2S2/c1-14-7-9-16(10-8-14)26-21(27)19-17(11-12-29-19)23-22(26)30-13-18-24-20(25-28-18)15-5-3-2-4-6-15/h2-12H,13H2,1H3. The van der Waals surface area contributed by atoms with Gasteiger partial charge in [0, 0.05) is 5.56 Å². The summed E-state index contributed by atoms with van der Waals surface area (Å²) >= 11 is 2.80. The summed E-state index contributed by atoms with van der Waals surface area (Å²) in [5, 5.41) is 6.54. The van der Waals surface area contributed by atoms with Gasteiger partial charge in [-0.1, -0.05) is 64.9 Å². The Bertz CT molecular complexity index is 1370. The molecule has 5 rings (SSSR count). The maximum Gasteiger partial charge on any atom is 0.276 e. The van der Waals surface area contributed by atoms with Crippen LogP contribution in [0.25, 0.3) is 27.3 Å². The first-order valence-corrected chi connectivity index (χ1v) is 11.1. The van der Waals surface area contributed by atoms with Gasteiger partial charge in [-0.2, -0.15) is 4.98 Å². The Hall–Kier alpha value is -3.23. The Morgan fingerprint density at radius 2 is 1.83 bits per heavy atom. The van der Waals surface area contributed by atoms with E-state index in [0.29, 0.717) is 32.8 Å². The average Bonchev–Trinajstić information content (AvgIpc) is 3.44. The van der Waals surface area contributed by atoms with E-state index in [1.807, 2.05) is 73.0 Å². The fourth-order valence-corrected chi connectivity index (χ4v) is 4.66. The number of aryl methyl sites for hydroxylation is 1. The lowest BCUT2D eigenvalue weighted by Gasteiger charge is -2.11. The van der Waals surface area contributed by atoms with Crippen molar-refractivity contribution in [3.8, 4) is 17.1 Å². The fraction of sp³-hybridized carbons (Fsp3) is 0.0909. The van der Waals surface area contributed by atoms with Crippen LogP contribution in [-0.2, 0) is 5.75 Å². The summed E-state index contributed by atoms with van der Waals surface area (Å²) in [7, 11) is 0. The van der Waals surface area contributed by atoms with Gasteiger partial charge in [-0.25, -0.2) is 4.98 Å². The minimum absolute atomic E-state index is 0.0724. The van der Waals surface area contributed by atoms with E-state index in [4.69, 9.17) is 9.51 Å². The molecule has 0 saturated heterocycles. The zero-order chi connectivity index (χ0) is 20.5. The summed E-state index contributed by atoms with van der Waals surface area (Å²) in [4.78, 5) is 22.4. The van der Waals surface area contributed by atoms with Gasteiger partial charge in [0.2, 0.25) is 11.7 Å². The van der Waals surface area contributed by atoms with Crippen LogP contribution in [0.15, 0.2) is 80.5 Å². The number of nitrogens with zero attached hydrogens (tertiary/aromatic N) is 4. The molecule has 0 aliphatic carbocycles. The lowest BCUT2D eigenvalue weighted by molar-refractivity contribution is 0.391. The van der Waals surface area contributed by atoms with Crippen LogP contribution in [0.1, 0.15) is 11.5 Å². The molecule has 30 heavy (non-hydrogen) atoms. The van der Waals surface area contributed by atoms with Crippen LogP contribution >= 0.6 is 23.1 Å². The molecular formula is C22H16N4O2S2. The van der Waals surface area contributed by atoms with E-state index in [9.17, 15) is 4.79 Å². The molecule has 0 aliphatic rings. The van der Waals surface area contributed by atoms with Crippen LogP contribution in [0.2, 0.25) is 0 Å². The molecule has 2 aromatic carbocycles. The van der Waals surface area contributed by atoms with E-state index in [-0.39, 0.29) is 5.56 Å². The van der Waals surface area contributed by atoms with Crippen molar-refractivity contribution in [2.75, 3.05) is 0 Å². The molecule has 0 amide bonds. The predicted octanol–water partition coefficient (Wildman–Crippen LogP) is 5.10. The first-order valence-electron chi connectivity index (χ1n) is 9.27. The molecule has 148 valence electrons. The molecule has 0 radical (unpaired) electrons. The summed E-state index contributed by atoms with van der Waals surface area (Å²) < 4.78 is 7.70. The molecular weight excluding hydrogens is 416 g/mol. The second-order valence-electron chi connectivity index (χ2n) is 6.67. The van der Waals surface area contributed by atoms with Crippen LogP contribution in [0, 0.1) is 6.92 Å². The maximum absolute atomic E-state index is 13.2. The number of thiophene rings is 1. The van der Waals surface area contributed by atoms with Gasteiger partial charge in [-0.3, -0.25) is 9.36 Å². The average molecular weight is 433 g/mol. The highest BCUT2D eigenvalue weighted by Crippen LogP contribution is 2.26. The molecule has 0 bridgehead atoms. The lowest BCUT2D eigenvalue weighted by atomic mass is 10.2. The Morgan fingerprint density at radius 3 is 2.63 bits per heavy atom. The van der Waals surface area contributed by atoms with Crippen LogP contribution in [0.3, 0.4) is 0 Å². The molecule has 0 saturated carbocycles. The highest BCUT2D eigenvalue weighted by molar-refractivity contribution is 7.98. The minimum atomic E-state index is -0.0724. The smallest absolute Gasteiger partial charge is 0.276 e. The molecule has 0 N–H and O–H groups in total. The van der Waals surface area contributed by atoms with E-state index in [2.05, 4.69) is 10.1 Å². The van der Waals surface area contributed by atoms with E-state index < -0.39 is 0 Å². The zero-order valence-corrected chi connectivity index (χ0v) is 17.6. The molecule has 8 heteroatoms. The van der Waals surface area contributed by atoms with Gasteiger partial charge in [0.1, 0.15) is 4.70 Å². The van der Waals surface area contributed by atoms with Gasteiger partial charge in [0.25, 0.3) is 5.56 Å². The second kappa shape index (κ2) is 7.89. The molecule has 0 aliphatic heterocycles. The normalized spacial score (nSPS) is 11.2. The van der Waals surface area contributed by atoms with Crippen molar-refractivity contribution in [3.63, 3.8) is 0 Å². The minimum Gasteiger partial charge on any atom is -0.338 e. The SMILES string of the molecule is Cc1ccc(-n2c(SCc3nc(-c4ccccc4)no3)nc3ccsc3c2=O)cc1. The summed E-state index contributed by atoms with van der Waals surface area (Å²) in [6.07, 6.45) is 0. The van der Waals surface area contributed by atoms with Crippen molar-refractivity contribution in [3.05, 3.63) is 87.9 Å². The van der Waals surface area contributed by atoms with Crippen LogP contribution in [-0.4, -0.2) is 19.7 Å². The van der Waals surface area contributed by atoms with Crippen LogP contribution in [0.4, 0.5) is 0 Å².